The monoisotopic (exact) mass is 395 g/mol. The zero-order valence-electron chi connectivity index (χ0n) is 16.0. The van der Waals surface area contributed by atoms with Crippen molar-refractivity contribution in [1.82, 2.24) is 14.8 Å². The van der Waals surface area contributed by atoms with Gasteiger partial charge < -0.3 is 19.0 Å². The highest BCUT2D eigenvalue weighted by Gasteiger charge is 2.25. The van der Waals surface area contributed by atoms with Crippen LogP contribution in [-0.4, -0.2) is 59.9 Å². The van der Waals surface area contributed by atoms with Crippen molar-refractivity contribution >= 4 is 22.9 Å². The van der Waals surface area contributed by atoms with Gasteiger partial charge in [0.05, 0.1) is 19.0 Å². The zero-order chi connectivity index (χ0) is 20.4. The number of ether oxygens (including phenoxy) is 1. The van der Waals surface area contributed by atoms with Crippen LogP contribution in [0.15, 0.2) is 51.7 Å². The van der Waals surface area contributed by atoms with E-state index in [9.17, 15) is 14.4 Å². The highest BCUT2D eigenvalue weighted by atomic mass is 16.5. The Kier molecular flexibility index (Phi) is 5.07. The maximum Gasteiger partial charge on any atom is 0.417 e. The Balaban J connectivity index is 1.35. The number of hydrogen-bond donors (Lipinski definition) is 1. The predicted molar refractivity (Wildman–Crippen MR) is 106 cm³/mol. The third kappa shape index (κ3) is 4.01. The standard InChI is InChI=1S/C21H21N3O5/c1-28-16-5-2-14(3-6-16)12-19(25)23-8-10-24(11-9-23)20(26)15-4-7-17-18(13-15)29-21(27)22-17/h2-7,13H,8-12H2,1H3,(H,22,27). The Morgan fingerprint density at radius 3 is 2.41 bits per heavy atom. The lowest BCUT2D eigenvalue weighted by molar-refractivity contribution is -0.131. The number of oxazole rings is 1. The van der Waals surface area contributed by atoms with E-state index in [0.29, 0.717) is 49.3 Å². The number of nitrogens with zero attached hydrogens (tertiary/aromatic N) is 2. The topological polar surface area (TPSA) is 95.9 Å². The Hall–Kier alpha value is -3.55. The lowest BCUT2D eigenvalue weighted by atomic mass is 10.1. The Bertz CT molecular complexity index is 1090. The Morgan fingerprint density at radius 2 is 1.72 bits per heavy atom. The molecule has 2 amide bonds. The van der Waals surface area contributed by atoms with E-state index < -0.39 is 5.76 Å². The average Bonchev–Trinajstić information content (AvgIpc) is 3.13. The molecule has 0 aliphatic carbocycles. The molecule has 0 spiro atoms. The molecule has 1 saturated heterocycles. The van der Waals surface area contributed by atoms with Crippen LogP contribution in [0.1, 0.15) is 15.9 Å². The maximum atomic E-state index is 12.8. The van der Waals surface area contributed by atoms with Crippen molar-refractivity contribution in [2.24, 2.45) is 0 Å². The first-order chi connectivity index (χ1) is 14.0. The molecule has 29 heavy (non-hydrogen) atoms. The SMILES string of the molecule is COc1ccc(CC(=O)N2CCN(C(=O)c3ccc4[nH]c(=O)oc4c3)CC2)cc1. The molecule has 3 aromatic rings. The zero-order valence-corrected chi connectivity index (χ0v) is 16.0. The van der Waals surface area contributed by atoms with E-state index in [1.807, 2.05) is 24.3 Å². The summed E-state index contributed by atoms with van der Waals surface area (Å²) in [4.78, 5) is 42.6. The van der Waals surface area contributed by atoms with Crippen LogP contribution in [0.4, 0.5) is 0 Å². The molecule has 4 rings (SSSR count). The molecule has 2 heterocycles. The van der Waals surface area contributed by atoms with E-state index >= 15 is 0 Å². The van der Waals surface area contributed by atoms with Crippen molar-refractivity contribution in [2.45, 2.75) is 6.42 Å². The Morgan fingerprint density at radius 1 is 1.03 bits per heavy atom. The number of rotatable bonds is 4. The summed E-state index contributed by atoms with van der Waals surface area (Å²) >= 11 is 0. The Labute approximate surface area is 166 Å². The largest absolute Gasteiger partial charge is 0.497 e. The van der Waals surface area contributed by atoms with Gasteiger partial charge in [-0.3, -0.25) is 14.6 Å². The van der Waals surface area contributed by atoms with Gasteiger partial charge in [-0.2, -0.15) is 0 Å². The number of carbonyl (C=O) groups is 2. The van der Waals surface area contributed by atoms with E-state index in [4.69, 9.17) is 9.15 Å². The van der Waals surface area contributed by atoms with Gasteiger partial charge in [0.1, 0.15) is 5.75 Å². The molecule has 0 bridgehead atoms. The molecule has 150 valence electrons. The number of piperazine rings is 1. The smallest absolute Gasteiger partial charge is 0.417 e. The van der Waals surface area contributed by atoms with Gasteiger partial charge in [0.15, 0.2) is 5.58 Å². The summed E-state index contributed by atoms with van der Waals surface area (Å²) in [6.07, 6.45) is 0.321. The minimum atomic E-state index is -0.548. The van der Waals surface area contributed by atoms with Crippen LogP contribution >= 0.6 is 0 Å². The van der Waals surface area contributed by atoms with Crippen LogP contribution in [-0.2, 0) is 11.2 Å². The molecule has 1 aliphatic heterocycles. The maximum absolute atomic E-state index is 12.8. The van der Waals surface area contributed by atoms with Crippen LogP contribution in [0.5, 0.6) is 5.75 Å². The van der Waals surface area contributed by atoms with Crippen molar-refractivity contribution in [3.8, 4) is 5.75 Å². The highest BCUT2D eigenvalue weighted by Crippen LogP contribution is 2.16. The fourth-order valence-electron chi connectivity index (χ4n) is 3.45. The quantitative estimate of drug-likeness (QED) is 0.725. The van der Waals surface area contributed by atoms with Crippen molar-refractivity contribution in [1.29, 1.82) is 0 Å². The fraction of sp³-hybridized carbons (Fsp3) is 0.286. The number of carbonyl (C=O) groups excluding carboxylic acids is 2. The summed E-state index contributed by atoms with van der Waals surface area (Å²) in [5.41, 5.74) is 2.29. The highest BCUT2D eigenvalue weighted by molar-refractivity contribution is 5.97. The lowest BCUT2D eigenvalue weighted by Gasteiger charge is -2.35. The third-order valence-corrected chi connectivity index (χ3v) is 5.10. The number of benzene rings is 2. The molecule has 0 atom stereocenters. The number of H-pyrrole nitrogens is 1. The lowest BCUT2D eigenvalue weighted by Crippen LogP contribution is -2.51. The van der Waals surface area contributed by atoms with E-state index in [2.05, 4.69) is 4.98 Å². The number of nitrogens with one attached hydrogen (secondary N) is 1. The first kappa shape index (κ1) is 18.8. The van der Waals surface area contributed by atoms with Gasteiger partial charge in [0, 0.05) is 31.7 Å². The third-order valence-electron chi connectivity index (χ3n) is 5.10. The predicted octanol–water partition coefficient (Wildman–Crippen LogP) is 1.66. The first-order valence-electron chi connectivity index (χ1n) is 9.36. The molecule has 1 fully saturated rings. The second-order valence-corrected chi connectivity index (χ2v) is 6.92. The van der Waals surface area contributed by atoms with Gasteiger partial charge in [-0.15, -0.1) is 0 Å². The van der Waals surface area contributed by atoms with Crippen molar-refractivity contribution in [2.75, 3.05) is 33.3 Å². The van der Waals surface area contributed by atoms with Crippen molar-refractivity contribution in [3.05, 3.63) is 64.1 Å². The second-order valence-electron chi connectivity index (χ2n) is 6.92. The first-order valence-corrected chi connectivity index (χ1v) is 9.36. The molecule has 1 aromatic heterocycles. The van der Waals surface area contributed by atoms with E-state index in [1.54, 1.807) is 35.1 Å². The summed E-state index contributed by atoms with van der Waals surface area (Å²) in [7, 11) is 1.60. The number of methoxy groups -OCH3 is 1. The fourth-order valence-corrected chi connectivity index (χ4v) is 3.45. The molecular formula is C21H21N3O5. The molecule has 1 aliphatic rings. The molecule has 0 saturated carbocycles. The van der Waals surface area contributed by atoms with Crippen LogP contribution in [0.25, 0.3) is 11.1 Å². The van der Waals surface area contributed by atoms with Crippen molar-refractivity contribution < 1.29 is 18.7 Å². The van der Waals surface area contributed by atoms with E-state index in [0.717, 1.165) is 11.3 Å². The molecule has 2 aromatic carbocycles. The summed E-state index contributed by atoms with van der Waals surface area (Å²) in [6.45, 7) is 1.90. The molecule has 0 radical (unpaired) electrons. The van der Waals surface area contributed by atoms with Crippen LogP contribution in [0, 0.1) is 0 Å². The van der Waals surface area contributed by atoms with Crippen LogP contribution in [0.3, 0.4) is 0 Å². The number of aromatic nitrogens is 1. The molecule has 1 N–H and O–H groups in total. The van der Waals surface area contributed by atoms with Gasteiger partial charge in [-0.05, 0) is 35.9 Å². The molecule has 8 nitrogen and oxygen atoms in total. The summed E-state index contributed by atoms with van der Waals surface area (Å²) < 4.78 is 10.2. The van der Waals surface area contributed by atoms with Gasteiger partial charge in [-0.1, -0.05) is 12.1 Å². The van der Waals surface area contributed by atoms with E-state index in [1.165, 1.54) is 0 Å². The molecule has 0 unspecified atom stereocenters. The molecule has 8 heteroatoms. The number of amides is 2. The number of hydrogen-bond acceptors (Lipinski definition) is 5. The minimum Gasteiger partial charge on any atom is -0.497 e. The normalized spacial score (nSPS) is 14.2. The van der Waals surface area contributed by atoms with Gasteiger partial charge in [0.25, 0.3) is 5.91 Å². The minimum absolute atomic E-state index is 0.0396. The molecular weight excluding hydrogens is 374 g/mol. The van der Waals surface area contributed by atoms with Gasteiger partial charge >= 0.3 is 5.76 Å². The van der Waals surface area contributed by atoms with Crippen molar-refractivity contribution in [3.63, 3.8) is 0 Å². The average molecular weight is 395 g/mol. The summed E-state index contributed by atoms with van der Waals surface area (Å²) in [5, 5.41) is 0. The van der Waals surface area contributed by atoms with E-state index in [-0.39, 0.29) is 11.8 Å². The van der Waals surface area contributed by atoms with Gasteiger partial charge in [0.2, 0.25) is 5.91 Å². The van der Waals surface area contributed by atoms with Gasteiger partial charge in [-0.25, -0.2) is 4.79 Å². The summed E-state index contributed by atoms with van der Waals surface area (Å²) in [5.74, 6) is 0.106. The van der Waals surface area contributed by atoms with Crippen LogP contribution < -0.4 is 10.5 Å². The summed E-state index contributed by atoms with van der Waals surface area (Å²) in [6, 6.07) is 12.3. The number of fused-ring (bicyclic) bond motifs is 1. The second kappa shape index (κ2) is 7.83. The van der Waals surface area contributed by atoms with Crippen LogP contribution in [0.2, 0.25) is 0 Å². The number of aromatic amines is 1.